The molecule has 0 unspecified atom stereocenters. The molecule has 4 rings (SSSR count). The Morgan fingerprint density at radius 1 is 1.11 bits per heavy atom. The molecule has 37 heavy (non-hydrogen) atoms. The van der Waals surface area contributed by atoms with E-state index in [1.54, 1.807) is 18.3 Å². The van der Waals surface area contributed by atoms with Gasteiger partial charge in [0.2, 0.25) is 16.0 Å². The van der Waals surface area contributed by atoms with E-state index in [2.05, 4.69) is 19.7 Å². The summed E-state index contributed by atoms with van der Waals surface area (Å²) < 4.78 is 35.6. The van der Waals surface area contributed by atoms with E-state index in [-0.39, 0.29) is 10.9 Å². The molecule has 0 aliphatic carbocycles. The van der Waals surface area contributed by atoms with Crippen LogP contribution in [0.5, 0.6) is 0 Å². The first-order valence-electron chi connectivity index (χ1n) is 11.6. The fourth-order valence-electron chi connectivity index (χ4n) is 4.45. The smallest absolute Gasteiger partial charge is 0.291 e. The Morgan fingerprint density at radius 3 is 2.32 bits per heavy atom. The van der Waals surface area contributed by atoms with Crippen LogP contribution in [0.2, 0.25) is 0 Å². The second-order valence-electron chi connectivity index (χ2n) is 8.53. The van der Waals surface area contributed by atoms with Gasteiger partial charge < -0.3 is 30.9 Å². The zero-order valence-electron chi connectivity index (χ0n) is 20.8. The summed E-state index contributed by atoms with van der Waals surface area (Å²) in [7, 11) is -3.63. The minimum atomic E-state index is -3.63. The minimum Gasteiger partial charge on any atom is -0.379 e. The number of nitrogens with zero attached hydrogens (tertiary/aromatic N) is 6. The van der Waals surface area contributed by atoms with Gasteiger partial charge in [-0.2, -0.15) is 9.41 Å². The molecule has 0 bridgehead atoms. The van der Waals surface area contributed by atoms with Crippen LogP contribution in [0.3, 0.4) is 0 Å². The molecule has 15 heteroatoms. The average Bonchev–Trinajstić information content (AvgIpc) is 3.47. The zero-order valence-corrected chi connectivity index (χ0v) is 21.6. The second kappa shape index (κ2) is 12.0. The molecule has 0 amide bonds. The van der Waals surface area contributed by atoms with Crippen LogP contribution < -0.4 is 16.4 Å². The first-order chi connectivity index (χ1) is 17.5. The summed E-state index contributed by atoms with van der Waals surface area (Å²) in [6, 6.07) is 7.42. The van der Waals surface area contributed by atoms with Crippen LogP contribution in [-0.2, 0) is 14.8 Å². The van der Waals surface area contributed by atoms with Crippen LogP contribution in [0.1, 0.15) is 29.8 Å². The summed E-state index contributed by atoms with van der Waals surface area (Å²) in [5.41, 5.74) is 15.3. The third kappa shape index (κ3) is 6.75. The summed E-state index contributed by atoms with van der Waals surface area (Å²) in [5, 5.41) is 21.3. The highest BCUT2D eigenvalue weighted by Crippen LogP contribution is 2.34. The first-order valence-corrected chi connectivity index (χ1v) is 13.1. The monoisotopic (exact) mass is 536 g/mol. The molecule has 2 aliphatic heterocycles. The first kappa shape index (κ1) is 27.9. The van der Waals surface area contributed by atoms with Crippen LogP contribution in [0.4, 0.5) is 5.69 Å². The Balaban J connectivity index is 0.000000886. The highest BCUT2D eigenvalue weighted by atomic mass is 32.2. The van der Waals surface area contributed by atoms with Crippen molar-refractivity contribution in [3.8, 4) is 5.69 Å². The number of hydrogen-bond donors (Lipinski definition) is 3. The van der Waals surface area contributed by atoms with Crippen molar-refractivity contribution in [2.75, 3.05) is 44.3 Å². The van der Waals surface area contributed by atoms with E-state index in [0.29, 0.717) is 26.3 Å². The molecule has 14 nitrogen and oxygen atoms in total. The highest BCUT2D eigenvalue weighted by Gasteiger charge is 2.28. The van der Waals surface area contributed by atoms with Crippen LogP contribution in [0.15, 0.2) is 39.4 Å². The van der Waals surface area contributed by atoms with Gasteiger partial charge in [0, 0.05) is 43.1 Å². The van der Waals surface area contributed by atoms with E-state index >= 15 is 0 Å². The summed E-state index contributed by atoms with van der Waals surface area (Å²) in [6.07, 6.45) is 3.84. The van der Waals surface area contributed by atoms with Crippen molar-refractivity contribution >= 4 is 27.9 Å². The summed E-state index contributed by atoms with van der Waals surface area (Å²) in [5.74, 6) is -0.114. The fourth-order valence-corrected chi connectivity index (χ4v) is 5.88. The molecule has 0 radical (unpaired) electrons. The van der Waals surface area contributed by atoms with Crippen molar-refractivity contribution in [1.29, 1.82) is 0 Å². The van der Waals surface area contributed by atoms with Crippen molar-refractivity contribution in [2.24, 2.45) is 21.7 Å². The van der Waals surface area contributed by atoms with Crippen LogP contribution in [0, 0.1) is 24.0 Å². The van der Waals surface area contributed by atoms with Gasteiger partial charge >= 0.3 is 0 Å². The van der Waals surface area contributed by atoms with Gasteiger partial charge in [0.05, 0.1) is 35.7 Å². The van der Waals surface area contributed by atoms with Gasteiger partial charge in [0.1, 0.15) is 0 Å². The summed E-state index contributed by atoms with van der Waals surface area (Å²) in [6.45, 7) is 7.39. The Labute approximate surface area is 215 Å². The van der Waals surface area contributed by atoms with E-state index in [1.165, 1.54) is 4.31 Å². The molecule has 1 aromatic heterocycles. The molecule has 5 N–H and O–H groups in total. The Morgan fingerprint density at radius 2 is 1.73 bits per heavy atom. The van der Waals surface area contributed by atoms with Gasteiger partial charge in [-0.05, 0) is 51.0 Å². The van der Waals surface area contributed by atoms with Gasteiger partial charge in [-0.3, -0.25) is 0 Å². The number of guanidine groups is 1. The zero-order chi connectivity index (χ0) is 27.2. The molecular weight excluding hydrogens is 504 g/mol. The Hall–Kier alpha value is -3.69. The molecular formula is C22H32N8O6S. The van der Waals surface area contributed by atoms with E-state index in [9.17, 15) is 8.42 Å². The van der Waals surface area contributed by atoms with E-state index in [1.807, 2.05) is 26.0 Å². The minimum absolute atomic E-state index is 0.114. The van der Waals surface area contributed by atoms with Crippen molar-refractivity contribution in [1.82, 2.24) is 8.87 Å². The lowest BCUT2D eigenvalue weighted by atomic mass is 10.2. The molecule has 3 heterocycles. The number of morpholine rings is 1. The predicted molar refractivity (Wildman–Crippen MR) is 138 cm³/mol. The maximum absolute atomic E-state index is 13.4. The highest BCUT2D eigenvalue weighted by molar-refractivity contribution is 7.89. The van der Waals surface area contributed by atoms with Crippen LogP contribution >= 0.6 is 0 Å². The van der Waals surface area contributed by atoms with E-state index in [0.717, 1.165) is 54.3 Å². The lowest BCUT2D eigenvalue weighted by Crippen LogP contribution is -2.40. The van der Waals surface area contributed by atoms with Crippen molar-refractivity contribution in [3.05, 3.63) is 51.3 Å². The maximum atomic E-state index is 13.4. The fraction of sp³-hybridized carbons (Fsp3) is 0.455. The van der Waals surface area contributed by atoms with Crippen molar-refractivity contribution < 1.29 is 23.4 Å². The van der Waals surface area contributed by atoms with Gasteiger partial charge in [-0.25, -0.2) is 8.42 Å². The number of hydrogen-bond acceptors (Lipinski definition) is 8. The third-order valence-corrected chi connectivity index (χ3v) is 7.98. The van der Waals surface area contributed by atoms with Crippen molar-refractivity contribution in [2.45, 2.75) is 31.6 Å². The van der Waals surface area contributed by atoms with E-state index in [4.69, 9.17) is 31.5 Å². The van der Waals surface area contributed by atoms with Gasteiger partial charge in [-0.15, -0.1) is 15.2 Å². The summed E-state index contributed by atoms with van der Waals surface area (Å²) >= 11 is 0. The average molecular weight is 537 g/mol. The predicted octanol–water partition coefficient (Wildman–Crippen LogP) is 0.975. The second-order valence-corrected chi connectivity index (χ2v) is 10.5. The standard InChI is InChI=1S/C22H31N7O3S.HNO3/c1-16-13-18(15-25-26-22(23)24)17(2)29(16)21-14-19(5-6-20(21)27-7-3-4-8-27)33(30,31)28-9-11-32-12-10-28;2-1(3)4/h5-6,13-15H,3-4,7-12H2,1-2H3,(H4,23,24,26);(H,2,3,4)/b25-15+;. The SMILES string of the molecule is Cc1cc(/C=N/N=C(N)N)c(C)n1-c1cc(S(=O)(=O)N2CCOCC2)ccc1N1CCCC1.O=[N+]([O-])O. The normalized spacial score (nSPS) is 16.4. The number of sulfonamides is 1. The lowest BCUT2D eigenvalue weighted by molar-refractivity contribution is -0.742. The van der Waals surface area contributed by atoms with E-state index < -0.39 is 15.1 Å². The molecule has 1 aromatic carbocycles. The number of ether oxygens (including phenoxy) is 1. The molecule has 2 saturated heterocycles. The molecule has 2 aliphatic rings. The largest absolute Gasteiger partial charge is 0.379 e. The molecule has 0 saturated carbocycles. The number of aromatic nitrogens is 1. The summed E-state index contributed by atoms with van der Waals surface area (Å²) in [4.78, 5) is 11.0. The molecule has 0 atom stereocenters. The van der Waals surface area contributed by atoms with Crippen LogP contribution in [-0.4, -0.2) is 79.2 Å². The number of nitrogens with two attached hydrogens (primary N) is 2. The Kier molecular flexibility index (Phi) is 9.07. The molecule has 202 valence electrons. The number of aryl methyl sites for hydroxylation is 1. The number of benzene rings is 1. The van der Waals surface area contributed by atoms with Crippen molar-refractivity contribution in [3.63, 3.8) is 0 Å². The lowest BCUT2D eigenvalue weighted by Gasteiger charge is -2.28. The molecule has 0 spiro atoms. The topological polar surface area (TPSA) is 195 Å². The molecule has 2 fully saturated rings. The number of anilines is 1. The quantitative estimate of drug-likeness (QED) is 0.209. The number of rotatable bonds is 6. The maximum Gasteiger partial charge on any atom is 0.291 e. The third-order valence-electron chi connectivity index (χ3n) is 6.08. The molecule has 2 aromatic rings. The van der Waals surface area contributed by atoms with Gasteiger partial charge in [-0.1, -0.05) is 0 Å². The van der Waals surface area contributed by atoms with Gasteiger partial charge in [0.15, 0.2) is 0 Å². The Bertz CT molecular complexity index is 1270. The van der Waals surface area contributed by atoms with Crippen LogP contribution in [0.25, 0.3) is 5.69 Å². The van der Waals surface area contributed by atoms with Gasteiger partial charge in [0.25, 0.3) is 5.09 Å².